The first-order valence-corrected chi connectivity index (χ1v) is 5.50. The average molecular weight is 223 g/mol. The fourth-order valence-electron chi connectivity index (χ4n) is 1.36. The normalized spacial score (nSPS) is 10.9. The number of rotatable bonds is 4. The monoisotopic (exact) mass is 222 g/mol. The zero-order chi connectivity index (χ0) is 11.3. The highest BCUT2D eigenvalue weighted by Crippen LogP contribution is 2.18. The lowest BCUT2D eigenvalue weighted by Gasteiger charge is -2.02. The maximum Gasteiger partial charge on any atom is 0.160 e. The van der Waals surface area contributed by atoms with Gasteiger partial charge in [-0.3, -0.25) is 4.79 Å². The van der Waals surface area contributed by atoms with E-state index < -0.39 is 0 Å². The summed E-state index contributed by atoms with van der Waals surface area (Å²) in [5.41, 5.74) is 1.63. The topological polar surface area (TPSA) is 17.1 Å². The van der Waals surface area contributed by atoms with Crippen molar-refractivity contribution in [2.24, 2.45) is 0 Å². The van der Waals surface area contributed by atoms with Gasteiger partial charge in [0.2, 0.25) is 0 Å². The third-order valence-electron chi connectivity index (χ3n) is 2.15. The van der Waals surface area contributed by atoms with Gasteiger partial charge in [0.25, 0.3) is 0 Å². The zero-order valence-corrected chi connectivity index (χ0v) is 9.84. The molecule has 0 aliphatic carbocycles. The van der Waals surface area contributed by atoms with Crippen molar-refractivity contribution in [2.45, 2.75) is 26.7 Å². The van der Waals surface area contributed by atoms with Crippen LogP contribution in [0.15, 0.2) is 24.3 Å². The first-order valence-electron chi connectivity index (χ1n) is 5.12. The summed E-state index contributed by atoms with van der Waals surface area (Å²) in [6.45, 7) is 3.68. The van der Waals surface area contributed by atoms with Crippen molar-refractivity contribution < 1.29 is 4.79 Å². The molecule has 1 aromatic rings. The SMILES string of the molecule is CCC/C=C/c1ccc(Cl)cc1C(C)=O. The van der Waals surface area contributed by atoms with E-state index in [0.717, 1.165) is 18.4 Å². The first kappa shape index (κ1) is 12.0. The molecule has 0 aromatic heterocycles. The number of carbonyl (C=O) groups excluding carboxylic acids is 1. The molecular weight excluding hydrogens is 208 g/mol. The molecule has 2 heteroatoms. The van der Waals surface area contributed by atoms with Crippen LogP contribution >= 0.6 is 11.6 Å². The summed E-state index contributed by atoms with van der Waals surface area (Å²) < 4.78 is 0. The molecule has 0 aliphatic heterocycles. The van der Waals surface area contributed by atoms with E-state index in [9.17, 15) is 4.79 Å². The number of hydrogen-bond acceptors (Lipinski definition) is 1. The molecule has 0 saturated heterocycles. The Morgan fingerprint density at radius 2 is 2.20 bits per heavy atom. The maximum absolute atomic E-state index is 11.4. The molecule has 0 bridgehead atoms. The predicted octanol–water partition coefficient (Wildman–Crippen LogP) is 4.36. The summed E-state index contributed by atoms with van der Waals surface area (Å²) in [5, 5.41) is 0.604. The van der Waals surface area contributed by atoms with Gasteiger partial charge in [-0.05, 0) is 31.0 Å². The van der Waals surface area contributed by atoms with E-state index in [1.807, 2.05) is 12.1 Å². The van der Waals surface area contributed by atoms with E-state index in [1.54, 1.807) is 19.1 Å². The second-order valence-electron chi connectivity index (χ2n) is 3.48. The van der Waals surface area contributed by atoms with E-state index in [2.05, 4.69) is 13.0 Å². The minimum absolute atomic E-state index is 0.0497. The van der Waals surface area contributed by atoms with Crippen LogP contribution in [-0.2, 0) is 0 Å². The molecule has 0 radical (unpaired) electrons. The average Bonchev–Trinajstić information content (AvgIpc) is 2.20. The van der Waals surface area contributed by atoms with Crippen molar-refractivity contribution in [1.29, 1.82) is 0 Å². The largest absolute Gasteiger partial charge is 0.294 e. The second-order valence-corrected chi connectivity index (χ2v) is 3.92. The number of carbonyl (C=O) groups is 1. The van der Waals surface area contributed by atoms with E-state index >= 15 is 0 Å². The Morgan fingerprint density at radius 1 is 1.47 bits per heavy atom. The molecular formula is C13H15ClO. The summed E-state index contributed by atoms with van der Waals surface area (Å²) in [7, 11) is 0. The Morgan fingerprint density at radius 3 is 2.80 bits per heavy atom. The van der Waals surface area contributed by atoms with Crippen molar-refractivity contribution in [1.82, 2.24) is 0 Å². The Kier molecular flexibility index (Phi) is 4.57. The number of hydrogen-bond donors (Lipinski definition) is 0. The van der Waals surface area contributed by atoms with Gasteiger partial charge in [0.15, 0.2) is 5.78 Å². The molecule has 0 fully saturated rings. The van der Waals surface area contributed by atoms with E-state index in [1.165, 1.54) is 0 Å². The van der Waals surface area contributed by atoms with Gasteiger partial charge in [-0.25, -0.2) is 0 Å². The van der Waals surface area contributed by atoms with Gasteiger partial charge in [-0.1, -0.05) is 43.2 Å². The first-order chi connectivity index (χ1) is 7.15. The number of unbranched alkanes of at least 4 members (excludes halogenated alkanes) is 1. The summed E-state index contributed by atoms with van der Waals surface area (Å²) in [6, 6.07) is 5.40. The lowest BCUT2D eigenvalue weighted by molar-refractivity contribution is 0.101. The molecule has 80 valence electrons. The summed E-state index contributed by atoms with van der Waals surface area (Å²) in [5.74, 6) is 0.0497. The lowest BCUT2D eigenvalue weighted by Crippen LogP contribution is -1.95. The van der Waals surface area contributed by atoms with Crippen LogP contribution in [0.4, 0.5) is 0 Å². The standard InChI is InChI=1S/C13H15ClO/c1-3-4-5-6-11-7-8-12(14)9-13(11)10(2)15/h5-9H,3-4H2,1-2H3/b6-5+. The second kappa shape index (κ2) is 5.72. The van der Waals surface area contributed by atoms with Crippen LogP contribution in [0.3, 0.4) is 0 Å². The molecule has 1 aromatic carbocycles. The van der Waals surface area contributed by atoms with Crippen molar-refractivity contribution >= 4 is 23.5 Å². The third kappa shape index (κ3) is 3.52. The third-order valence-corrected chi connectivity index (χ3v) is 2.38. The van der Waals surface area contributed by atoms with Gasteiger partial charge in [0.05, 0.1) is 0 Å². The Bertz CT molecular complexity index is 380. The van der Waals surface area contributed by atoms with Crippen LogP contribution in [-0.4, -0.2) is 5.78 Å². The van der Waals surface area contributed by atoms with Gasteiger partial charge in [0, 0.05) is 10.6 Å². The Balaban J connectivity index is 3.01. The van der Waals surface area contributed by atoms with Gasteiger partial charge < -0.3 is 0 Å². The molecule has 0 N–H and O–H groups in total. The van der Waals surface area contributed by atoms with E-state index in [0.29, 0.717) is 10.6 Å². The molecule has 15 heavy (non-hydrogen) atoms. The fraction of sp³-hybridized carbons (Fsp3) is 0.308. The Hall–Kier alpha value is -1.08. The number of allylic oxidation sites excluding steroid dienone is 1. The highest BCUT2D eigenvalue weighted by Gasteiger charge is 2.04. The van der Waals surface area contributed by atoms with Crippen LogP contribution in [0, 0.1) is 0 Å². The van der Waals surface area contributed by atoms with E-state index in [-0.39, 0.29) is 5.78 Å². The summed E-state index contributed by atoms with van der Waals surface area (Å²) >= 11 is 5.85. The zero-order valence-electron chi connectivity index (χ0n) is 9.09. The van der Waals surface area contributed by atoms with Crippen LogP contribution in [0.1, 0.15) is 42.6 Å². The molecule has 0 aliphatic rings. The molecule has 0 unspecified atom stereocenters. The molecule has 1 rings (SSSR count). The number of ketones is 1. The minimum Gasteiger partial charge on any atom is -0.294 e. The number of Topliss-reactive ketones (excluding diaryl/α,β-unsaturated/α-hetero) is 1. The number of benzene rings is 1. The molecule has 0 spiro atoms. The molecule has 0 atom stereocenters. The van der Waals surface area contributed by atoms with Gasteiger partial charge in [0.1, 0.15) is 0 Å². The Labute approximate surface area is 95.8 Å². The summed E-state index contributed by atoms with van der Waals surface area (Å²) in [6.07, 6.45) is 6.20. The van der Waals surface area contributed by atoms with Crippen LogP contribution < -0.4 is 0 Å². The maximum atomic E-state index is 11.4. The van der Waals surface area contributed by atoms with Crippen LogP contribution in [0.2, 0.25) is 5.02 Å². The lowest BCUT2D eigenvalue weighted by atomic mass is 10.0. The predicted molar refractivity (Wildman–Crippen MR) is 65.4 cm³/mol. The fourth-order valence-corrected chi connectivity index (χ4v) is 1.53. The van der Waals surface area contributed by atoms with Gasteiger partial charge >= 0.3 is 0 Å². The van der Waals surface area contributed by atoms with E-state index in [4.69, 9.17) is 11.6 Å². The smallest absolute Gasteiger partial charge is 0.160 e. The molecule has 0 heterocycles. The molecule has 0 amide bonds. The van der Waals surface area contributed by atoms with Crippen LogP contribution in [0.5, 0.6) is 0 Å². The highest BCUT2D eigenvalue weighted by molar-refractivity contribution is 6.31. The van der Waals surface area contributed by atoms with Crippen molar-refractivity contribution in [3.8, 4) is 0 Å². The van der Waals surface area contributed by atoms with Crippen molar-refractivity contribution in [3.63, 3.8) is 0 Å². The van der Waals surface area contributed by atoms with Gasteiger partial charge in [-0.15, -0.1) is 0 Å². The summed E-state index contributed by atoms with van der Waals surface area (Å²) in [4.78, 5) is 11.4. The quantitative estimate of drug-likeness (QED) is 0.692. The molecule has 1 nitrogen and oxygen atoms in total. The van der Waals surface area contributed by atoms with Gasteiger partial charge in [-0.2, -0.15) is 0 Å². The molecule has 0 saturated carbocycles. The van der Waals surface area contributed by atoms with Crippen molar-refractivity contribution in [3.05, 3.63) is 40.4 Å². The minimum atomic E-state index is 0.0497. The van der Waals surface area contributed by atoms with Crippen LogP contribution in [0.25, 0.3) is 6.08 Å². The highest BCUT2D eigenvalue weighted by atomic mass is 35.5. The van der Waals surface area contributed by atoms with Crippen molar-refractivity contribution in [2.75, 3.05) is 0 Å². The number of halogens is 1.